The Morgan fingerprint density at radius 2 is 1.52 bits per heavy atom. The van der Waals surface area contributed by atoms with Gasteiger partial charge in [0.1, 0.15) is 0 Å². The van der Waals surface area contributed by atoms with Crippen LogP contribution in [0, 0.1) is 17.0 Å². The van der Waals surface area contributed by atoms with E-state index in [0.29, 0.717) is 22.4 Å². The predicted octanol–water partition coefficient (Wildman–Crippen LogP) is 5.80. The average Bonchev–Trinajstić information content (AvgIpc) is 2.75. The number of nitro benzene ring substituents is 1. The van der Waals surface area contributed by atoms with Crippen LogP contribution >= 0.6 is 0 Å². The van der Waals surface area contributed by atoms with E-state index in [4.69, 9.17) is 0 Å². The van der Waals surface area contributed by atoms with Gasteiger partial charge in [0.15, 0.2) is 11.5 Å². The third-order valence-corrected chi connectivity index (χ3v) is 4.17. The van der Waals surface area contributed by atoms with Gasteiger partial charge in [0.25, 0.3) is 5.69 Å². The number of nitro groups is 1. The Bertz CT molecular complexity index is 1110. The van der Waals surface area contributed by atoms with Gasteiger partial charge >= 0.3 is 0 Å². The van der Waals surface area contributed by atoms with Crippen LogP contribution in [0.4, 0.5) is 11.4 Å². The molecule has 0 spiro atoms. The van der Waals surface area contributed by atoms with Crippen molar-refractivity contribution in [1.82, 2.24) is 0 Å². The number of azo groups is 1. The quantitative estimate of drug-likeness (QED) is 0.144. The molecule has 0 bridgehead atoms. The Balaban J connectivity index is 2.06. The van der Waals surface area contributed by atoms with Gasteiger partial charge in [0.2, 0.25) is 5.78 Å². The molecule has 7 nitrogen and oxygen atoms in total. The molecular formula is C22H17N3O4. The lowest BCUT2D eigenvalue weighted by atomic mass is 10.1. The van der Waals surface area contributed by atoms with E-state index in [1.807, 2.05) is 0 Å². The van der Waals surface area contributed by atoms with Gasteiger partial charge in [-0.15, -0.1) is 5.11 Å². The van der Waals surface area contributed by atoms with Crippen molar-refractivity contribution in [2.45, 2.75) is 6.92 Å². The second-order valence-corrected chi connectivity index (χ2v) is 6.19. The maximum absolute atomic E-state index is 12.9. The van der Waals surface area contributed by atoms with Crippen LogP contribution < -0.4 is 0 Å². The fraction of sp³-hybridized carbons (Fsp3) is 0.0455. The number of rotatable bonds is 6. The van der Waals surface area contributed by atoms with Crippen molar-refractivity contribution in [3.8, 4) is 0 Å². The number of Topliss-reactive ketones (excluding diaryl/α,β-unsaturated/α-hetero) is 1. The van der Waals surface area contributed by atoms with Gasteiger partial charge in [0, 0.05) is 23.3 Å². The van der Waals surface area contributed by atoms with Crippen LogP contribution in [0.25, 0.3) is 5.76 Å². The molecule has 0 unspecified atom stereocenters. The van der Waals surface area contributed by atoms with Gasteiger partial charge in [0.05, 0.1) is 10.6 Å². The van der Waals surface area contributed by atoms with Crippen LogP contribution in [-0.4, -0.2) is 15.8 Å². The first-order valence-electron chi connectivity index (χ1n) is 8.72. The maximum Gasteiger partial charge on any atom is 0.269 e. The first kappa shape index (κ1) is 19.6. The van der Waals surface area contributed by atoms with E-state index in [2.05, 4.69) is 10.2 Å². The van der Waals surface area contributed by atoms with Crippen molar-refractivity contribution in [2.75, 3.05) is 0 Å². The molecule has 3 aromatic rings. The SMILES string of the molecule is Cc1cc([N+](=O)[O-])ccc1N=N/C(C(=O)c1ccccc1)=C(\O)c1ccccc1. The van der Waals surface area contributed by atoms with Gasteiger partial charge in [-0.3, -0.25) is 14.9 Å². The summed E-state index contributed by atoms with van der Waals surface area (Å²) in [5, 5.41) is 29.7. The Labute approximate surface area is 166 Å². The number of aliphatic hydroxyl groups is 1. The minimum Gasteiger partial charge on any atom is -0.505 e. The predicted molar refractivity (Wildman–Crippen MR) is 109 cm³/mol. The number of aryl methyl sites for hydroxylation is 1. The summed E-state index contributed by atoms with van der Waals surface area (Å²) in [5.41, 5.74) is 1.36. The van der Waals surface area contributed by atoms with Crippen molar-refractivity contribution in [1.29, 1.82) is 0 Å². The zero-order valence-corrected chi connectivity index (χ0v) is 15.5. The number of nitrogens with zero attached hydrogens (tertiary/aromatic N) is 3. The Hall–Kier alpha value is -4.13. The molecule has 0 aliphatic rings. The molecule has 0 saturated carbocycles. The third-order valence-electron chi connectivity index (χ3n) is 4.17. The summed E-state index contributed by atoms with van der Waals surface area (Å²) in [4.78, 5) is 23.3. The van der Waals surface area contributed by atoms with Gasteiger partial charge in [-0.2, -0.15) is 5.11 Å². The highest BCUT2D eigenvalue weighted by Crippen LogP contribution is 2.27. The number of hydrogen-bond acceptors (Lipinski definition) is 6. The maximum atomic E-state index is 12.9. The first-order chi connectivity index (χ1) is 14.0. The van der Waals surface area contributed by atoms with Crippen LogP contribution in [-0.2, 0) is 0 Å². The third kappa shape index (κ3) is 4.59. The number of non-ortho nitro benzene ring substituents is 1. The summed E-state index contributed by atoms with van der Waals surface area (Å²) in [6, 6.07) is 21.1. The van der Waals surface area contributed by atoms with E-state index in [9.17, 15) is 20.0 Å². The van der Waals surface area contributed by atoms with Crippen LogP contribution in [0.3, 0.4) is 0 Å². The van der Waals surface area contributed by atoms with Crippen molar-refractivity contribution in [3.05, 3.63) is 111 Å². The summed E-state index contributed by atoms with van der Waals surface area (Å²) >= 11 is 0. The lowest BCUT2D eigenvalue weighted by Gasteiger charge is -2.06. The molecule has 0 amide bonds. The molecule has 0 fully saturated rings. The molecular weight excluding hydrogens is 370 g/mol. The Morgan fingerprint density at radius 1 is 0.931 bits per heavy atom. The molecule has 1 N–H and O–H groups in total. The molecule has 0 aromatic heterocycles. The normalized spacial score (nSPS) is 11.9. The number of ketones is 1. The largest absolute Gasteiger partial charge is 0.505 e. The van der Waals surface area contributed by atoms with Crippen LogP contribution in [0.1, 0.15) is 21.5 Å². The molecule has 0 radical (unpaired) electrons. The summed E-state index contributed by atoms with van der Waals surface area (Å²) in [6.45, 7) is 1.65. The van der Waals surface area contributed by atoms with E-state index in [1.165, 1.54) is 18.2 Å². The topological polar surface area (TPSA) is 105 Å². The lowest BCUT2D eigenvalue weighted by molar-refractivity contribution is -0.384. The number of allylic oxidation sites excluding steroid dienone is 1. The zero-order chi connectivity index (χ0) is 20.8. The Kier molecular flexibility index (Phi) is 5.89. The van der Waals surface area contributed by atoms with E-state index >= 15 is 0 Å². The van der Waals surface area contributed by atoms with Crippen LogP contribution in [0.2, 0.25) is 0 Å². The second-order valence-electron chi connectivity index (χ2n) is 6.19. The van der Waals surface area contributed by atoms with E-state index in [0.717, 1.165) is 0 Å². The van der Waals surface area contributed by atoms with Crippen molar-refractivity contribution in [3.63, 3.8) is 0 Å². The number of aliphatic hydroxyl groups excluding tert-OH is 1. The van der Waals surface area contributed by atoms with E-state index in [-0.39, 0.29) is 17.1 Å². The number of benzene rings is 3. The summed E-state index contributed by atoms with van der Waals surface area (Å²) in [5.74, 6) is -0.793. The monoisotopic (exact) mass is 387 g/mol. The minimum atomic E-state index is -0.501. The molecule has 0 aliphatic carbocycles. The second kappa shape index (κ2) is 8.71. The van der Waals surface area contributed by atoms with Crippen LogP contribution in [0.15, 0.2) is 94.8 Å². The highest BCUT2D eigenvalue weighted by molar-refractivity contribution is 6.12. The number of carbonyl (C=O) groups excluding carboxylic acids is 1. The van der Waals surface area contributed by atoms with Crippen molar-refractivity contribution in [2.24, 2.45) is 10.2 Å². The molecule has 3 rings (SSSR count). The molecule has 0 atom stereocenters. The highest BCUT2D eigenvalue weighted by atomic mass is 16.6. The molecule has 0 aliphatic heterocycles. The first-order valence-corrected chi connectivity index (χ1v) is 8.72. The summed E-state index contributed by atoms with van der Waals surface area (Å²) in [7, 11) is 0. The molecule has 0 heterocycles. The lowest BCUT2D eigenvalue weighted by Crippen LogP contribution is -2.04. The molecule has 29 heavy (non-hydrogen) atoms. The van der Waals surface area contributed by atoms with Gasteiger partial charge in [-0.25, -0.2) is 0 Å². The molecule has 144 valence electrons. The highest BCUT2D eigenvalue weighted by Gasteiger charge is 2.19. The molecule has 7 heteroatoms. The average molecular weight is 387 g/mol. The smallest absolute Gasteiger partial charge is 0.269 e. The van der Waals surface area contributed by atoms with Gasteiger partial charge in [-0.1, -0.05) is 60.7 Å². The standard InChI is InChI=1S/C22H17N3O4/c1-15-14-18(25(28)29)12-13-19(15)23-24-20(21(26)16-8-4-2-5-9-16)22(27)17-10-6-3-7-11-17/h2-14,26H,1H3/b21-20-,24-23?. The fourth-order valence-corrected chi connectivity index (χ4v) is 2.63. The van der Waals surface area contributed by atoms with Gasteiger partial charge < -0.3 is 5.11 Å². The Morgan fingerprint density at radius 3 is 2.07 bits per heavy atom. The van der Waals surface area contributed by atoms with E-state index < -0.39 is 10.7 Å². The van der Waals surface area contributed by atoms with Crippen LogP contribution in [0.5, 0.6) is 0 Å². The van der Waals surface area contributed by atoms with Crippen molar-refractivity contribution < 1.29 is 14.8 Å². The number of carbonyl (C=O) groups is 1. The van der Waals surface area contributed by atoms with Crippen molar-refractivity contribution >= 4 is 22.9 Å². The molecule has 3 aromatic carbocycles. The minimum absolute atomic E-state index is 0.0651. The summed E-state index contributed by atoms with van der Waals surface area (Å²) in [6.07, 6.45) is 0. The molecule has 0 saturated heterocycles. The summed E-state index contributed by atoms with van der Waals surface area (Å²) < 4.78 is 0. The number of hydrogen-bond donors (Lipinski definition) is 1. The zero-order valence-electron chi connectivity index (χ0n) is 15.5. The fourth-order valence-electron chi connectivity index (χ4n) is 2.63. The van der Waals surface area contributed by atoms with E-state index in [1.54, 1.807) is 67.6 Å². The van der Waals surface area contributed by atoms with Gasteiger partial charge in [-0.05, 0) is 18.6 Å².